The molecule has 0 spiro atoms. The van der Waals surface area contributed by atoms with E-state index in [4.69, 9.17) is 10.3 Å². The van der Waals surface area contributed by atoms with Gasteiger partial charge in [0.15, 0.2) is 0 Å². The molecule has 17 heavy (non-hydrogen) atoms. The summed E-state index contributed by atoms with van der Waals surface area (Å²) in [6.07, 6.45) is 4.66. The molecule has 3 N–H and O–H groups in total. The van der Waals surface area contributed by atoms with Crippen LogP contribution in [-0.2, 0) is 12.8 Å². The van der Waals surface area contributed by atoms with Gasteiger partial charge in [0, 0.05) is 18.0 Å². The molecule has 3 nitrogen and oxygen atoms in total. The summed E-state index contributed by atoms with van der Waals surface area (Å²) in [6.45, 7) is 2.09. The minimum absolute atomic E-state index is 0.170. The fourth-order valence-electron chi connectivity index (χ4n) is 2.02. The monoisotopic (exact) mass is 250 g/mol. The molecule has 0 aliphatic carbocycles. The second kappa shape index (κ2) is 6.00. The molecule has 0 radical (unpaired) electrons. The average Bonchev–Trinajstić information content (AvgIpc) is 3.00. The third kappa shape index (κ3) is 2.97. The van der Waals surface area contributed by atoms with E-state index in [1.807, 2.05) is 6.07 Å². The van der Waals surface area contributed by atoms with Crippen LogP contribution in [0.25, 0.3) is 0 Å². The third-order valence-electron chi connectivity index (χ3n) is 2.98. The maximum Gasteiger partial charge on any atom is 0.108 e. The lowest BCUT2D eigenvalue weighted by molar-refractivity contribution is 0.475. The molecule has 2 aromatic rings. The summed E-state index contributed by atoms with van der Waals surface area (Å²) in [6, 6.07) is 4.34. The van der Waals surface area contributed by atoms with Crippen LogP contribution >= 0.6 is 11.3 Å². The third-order valence-corrected chi connectivity index (χ3v) is 3.71. The molecule has 0 saturated heterocycles. The molecule has 2 aromatic heterocycles. The molecular formula is C13H18N2OS. The molecule has 0 saturated carbocycles. The van der Waals surface area contributed by atoms with E-state index in [2.05, 4.69) is 29.2 Å². The lowest BCUT2D eigenvalue weighted by Gasteiger charge is -2.15. The van der Waals surface area contributed by atoms with Crippen molar-refractivity contribution in [2.24, 2.45) is 5.84 Å². The number of hydrazine groups is 1. The zero-order chi connectivity index (χ0) is 12.1. The molecule has 1 unspecified atom stereocenters. The Morgan fingerprint density at radius 3 is 3.00 bits per heavy atom. The number of hydrogen-bond donors (Lipinski definition) is 2. The van der Waals surface area contributed by atoms with E-state index in [1.54, 1.807) is 17.6 Å². The first-order chi connectivity index (χ1) is 8.35. The number of aryl methyl sites for hydroxylation is 2. The predicted octanol–water partition coefficient (Wildman–Crippen LogP) is 3.04. The quantitative estimate of drug-likeness (QED) is 0.612. The van der Waals surface area contributed by atoms with E-state index < -0.39 is 0 Å². The summed E-state index contributed by atoms with van der Waals surface area (Å²) in [4.78, 5) is 0. The van der Waals surface area contributed by atoms with Crippen molar-refractivity contribution in [2.75, 3.05) is 0 Å². The van der Waals surface area contributed by atoms with Gasteiger partial charge in [0.2, 0.25) is 0 Å². The molecule has 0 aromatic carbocycles. The van der Waals surface area contributed by atoms with Crippen LogP contribution in [0.3, 0.4) is 0 Å². The summed E-state index contributed by atoms with van der Waals surface area (Å²) in [5.74, 6) is 6.66. The summed E-state index contributed by atoms with van der Waals surface area (Å²) >= 11 is 1.73. The van der Waals surface area contributed by atoms with Gasteiger partial charge >= 0.3 is 0 Å². The SMILES string of the molecule is CCc1occc1C(CCc1ccsc1)NN. The lowest BCUT2D eigenvalue weighted by atomic mass is 10.0. The first kappa shape index (κ1) is 12.4. The van der Waals surface area contributed by atoms with E-state index in [1.165, 1.54) is 11.1 Å². The minimum atomic E-state index is 0.170. The lowest BCUT2D eigenvalue weighted by Crippen LogP contribution is -2.28. The zero-order valence-electron chi connectivity index (χ0n) is 9.98. The zero-order valence-corrected chi connectivity index (χ0v) is 10.8. The van der Waals surface area contributed by atoms with Crippen molar-refractivity contribution in [3.63, 3.8) is 0 Å². The van der Waals surface area contributed by atoms with E-state index in [0.29, 0.717) is 0 Å². The highest BCUT2D eigenvalue weighted by molar-refractivity contribution is 7.07. The van der Waals surface area contributed by atoms with E-state index in [0.717, 1.165) is 25.0 Å². The predicted molar refractivity (Wildman–Crippen MR) is 70.8 cm³/mol. The van der Waals surface area contributed by atoms with Crippen LogP contribution in [0.5, 0.6) is 0 Å². The molecular weight excluding hydrogens is 232 g/mol. The molecule has 2 heterocycles. The van der Waals surface area contributed by atoms with Crippen LogP contribution in [-0.4, -0.2) is 0 Å². The van der Waals surface area contributed by atoms with E-state index in [-0.39, 0.29) is 6.04 Å². The van der Waals surface area contributed by atoms with Gasteiger partial charge in [0.25, 0.3) is 0 Å². The fraction of sp³-hybridized carbons (Fsp3) is 0.385. The Bertz CT molecular complexity index is 436. The number of rotatable bonds is 6. The number of thiophene rings is 1. The summed E-state index contributed by atoms with van der Waals surface area (Å²) < 4.78 is 5.44. The van der Waals surface area contributed by atoms with Crippen LogP contribution in [0.4, 0.5) is 0 Å². The van der Waals surface area contributed by atoms with Crippen LogP contribution in [0, 0.1) is 0 Å². The first-order valence-electron chi connectivity index (χ1n) is 5.88. The summed E-state index contributed by atoms with van der Waals surface area (Å²) in [7, 11) is 0. The second-order valence-electron chi connectivity index (χ2n) is 4.04. The van der Waals surface area contributed by atoms with Gasteiger partial charge in [0.1, 0.15) is 5.76 Å². The van der Waals surface area contributed by atoms with Crippen LogP contribution < -0.4 is 11.3 Å². The first-order valence-corrected chi connectivity index (χ1v) is 6.83. The molecule has 0 bridgehead atoms. The Labute approximate surface area is 106 Å². The van der Waals surface area contributed by atoms with Gasteiger partial charge in [-0.3, -0.25) is 11.3 Å². The van der Waals surface area contributed by atoms with Crippen LogP contribution in [0.15, 0.2) is 33.6 Å². The maximum absolute atomic E-state index is 5.64. The largest absolute Gasteiger partial charge is 0.469 e. The molecule has 1 atom stereocenters. The molecule has 0 aliphatic rings. The molecule has 2 rings (SSSR count). The van der Waals surface area contributed by atoms with Crippen molar-refractivity contribution < 1.29 is 4.42 Å². The molecule has 4 heteroatoms. The number of furan rings is 1. The van der Waals surface area contributed by atoms with Gasteiger partial charge in [-0.2, -0.15) is 11.3 Å². The van der Waals surface area contributed by atoms with Crippen molar-refractivity contribution in [3.05, 3.63) is 46.0 Å². The van der Waals surface area contributed by atoms with Crippen LogP contribution in [0.1, 0.15) is 36.3 Å². The van der Waals surface area contributed by atoms with Crippen molar-refractivity contribution >= 4 is 11.3 Å². The Kier molecular flexibility index (Phi) is 4.36. The van der Waals surface area contributed by atoms with E-state index >= 15 is 0 Å². The Morgan fingerprint density at radius 1 is 1.47 bits per heavy atom. The Balaban J connectivity index is 2.01. The Morgan fingerprint density at radius 2 is 2.35 bits per heavy atom. The summed E-state index contributed by atoms with van der Waals surface area (Å²) in [5.41, 5.74) is 5.44. The molecule has 0 amide bonds. The van der Waals surface area contributed by atoms with Gasteiger partial charge in [-0.15, -0.1) is 0 Å². The number of nitrogens with one attached hydrogen (secondary N) is 1. The van der Waals surface area contributed by atoms with Crippen LogP contribution in [0.2, 0.25) is 0 Å². The van der Waals surface area contributed by atoms with Gasteiger partial charge < -0.3 is 4.42 Å². The molecule has 0 fully saturated rings. The normalized spacial score (nSPS) is 12.8. The van der Waals surface area contributed by atoms with Crippen molar-refractivity contribution in [1.82, 2.24) is 5.43 Å². The standard InChI is InChI=1S/C13H18N2OS/c1-2-13-11(5-7-16-13)12(15-14)4-3-10-6-8-17-9-10/h5-9,12,15H,2-4,14H2,1H3. The highest BCUT2D eigenvalue weighted by Crippen LogP contribution is 2.24. The van der Waals surface area contributed by atoms with Gasteiger partial charge in [-0.05, 0) is 41.3 Å². The second-order valence-corrected chi connectivity index (χ2v) is 4.82. The number of nitrogens with two attached hydrogens (primary N) is 1. The van der Waals surface area contributed by atoms with Crippen molar-refractivity contribution in [3.8, 4) is 0 Å². The van der Waals surface area contributed by atoms with Crippen molar-refractivity contribution in [1.29, 1.82) is 0 Å². The highest BCUT2D eigenvalue weighted by Gasteiger charge is 2.15. The summed E-state index contributed by atoms with van der Waals surface area (Å²) in [5, 5.41) is 4.29. The molecule has 92 valence electrons. The smallest absolute Gasteiger partial charge is 0.108 e. The van der Waals surface area contributed by atoms with Gasteiger partial charge in [-0.1, -0.05) is 6.92 Å². The van der Waals surface area contributed by atoms with Gasteiger partial charge in [-0.25, -0.2) is 0 Å². The van der Waals surface area contributed by atoms with Crippen molar-refractivity contribution in [2.45, 2.75) is 32.2 Å². The maximum atomic E-state index is 5.64. The van der Waals surface area contributed by atoms with Gasteiger partial charge in [0.05, 0.1) is 6.26 Å². The Hall–Kier alpha value is -1.10. The number of hydrogen-bond acceptors (Lipinski definition) is 4. The fourth-order valence-corrected chi connectivity index (χ4v) is 2.73. The molecule has 0 aliphatic heterocycles. The average molecular weight is 250 g/mol. The van der Waals surface area contributed by atoms with E-state index in [9.17, 15) is 0 Å². The highest BCUT2D eigenvalue weighted by atomic mass is 32.1. The minimum Gasteiger partial charge on any atom is -0.469 e. The topological polar surface area (TPSA) is 51.2 Å².